The van der Waals surface area contributed by atoms with Crippen molar-refractivity contribution >= 4 is 10.8 Å². The number of aromatic nitrogens is 1. The average Bonchev–Trinajstić information content (AvgIpc) is 2.66. The molecule has 2 aromatic carbocycles. The first kappa shape index (κ1) is 18.2. The van der Waals surface area contributed by atoms with Crippen molar-refractivity contribution in [2.75, 3.05) is 0 Å². The monoisotopic (exact) mass is 358 g/mol. The zero-order valence-electron chi connectivity index (χ0n) is 17.7. The molecule has 0 saturated heterocycles. The van der Waals surface area contributed by atoms with Crippen LogP contribution >= 0.6 is 0 Å². The van der Waals surface area contributed by atoms with Gasteiger partial charge in [-0.3, -0.25) is 0 Å². The average molecular weight is 359 g/mol. The highest BCUT2D eigenvalue weighted by Gasteiger charge is 2.44. The molecule has 0 aliphatic carbocycles. The van der Waals surface area contributed by atoms with Gasteiger partial charge in [-0.2, -0.15) is 4.57 Å². The lowest BCUT2D eigenvalue weighted by molar-refractivity contribution is -0.757. The van der Waals surface area contributed by atoms with Crippen LogP contribution in [0.15, 0.2) is 42.6 Å². The van der Waals surface area contributed by atoms with E-state index in [1.165, 1.54) is 38.7 Å². The molecule has 1 aromatic heterocycles. The second kappa shape index (κ2) is 6.48. The minimum atomic E-state index is 0.171. The summed E-state index contributed by atoms with van der Waals surface area (Å²) in [6.07, 6.45) is 5.79. The zero-order valence-corrected chi connectivity index (χ0v) is 17.7. The predicted octanol–water partition coefficient (Wildman–Crippen LogP) is 6.61. The summed E-state index contributed by atoms with van der Waals surface area (Å²) >= 11 is 0. The van der Waals surface area contributed by atoms with Crippen LogP contribution < -0.4 is 4.57 Å². The lowest BCUT2D eigenvalue weighted by atomic mass is 9.76. The molecular formula is C26H32N+. The normalized spacial score (nSPS) is 15.1. The summed E-state index contributed by atoms with van der Waals surface area (Å²) in [6, 6.07) is 14.1. The van der Waals surface area contributed by atoms with Crippen molar-refractivity contribution < 1.29 is 4.57 Å². The van der Waals surface area contributed by atoms with Gasteiger partial charge in [0.1, 0.15) is 0 Å². The van der Waals surface area contributed by atoms with Crippen molar-refractivity contribution in [3.8, 4) is 11.3 Å². The van der Waals surface area contributed by atoms with Crippen LogP contribution in [0.3, 0.4) is 0 Å². The molecule has 0 atom stereocenters. The van der Waals surface area contributed by atoms with Gasteiger partial charge in [-0.25, -0.2) is 0 Å². The maximum Gasteiger partial charge on any atom is 0.221 e. The molecule has 27 heavy (non-hydrogen) atoms. The van der Waals surface area contributed by atoms with Gasteiger partial charge in [0.05, 0.1) is 10.9 Å². The molecule has 0 spiro atoms. The van der Waals surface area contributed by atoms with Gasteiger partial charge >= 0.3 is 0 Å². The van der Waals surface area contributed by atoms with Crippen LogP contribution in [0.2, 0.25) is 0 Å². The van der Waals surface area contributed by atoms with Crippen molar-refractivity contribution in [3.05, 3.63) is 64.8 Å². The lowest BCUT2D eigenvalue weighted by Crippen LogP contribution is -2.60. The smallest absolute Gasteiger partial charge is 0.192 e. The van der Waals surface area contributed by atoms with E-state index in [1.54, 1.807) is 5.56 Å². The number of benzene rings is 2. The first-order valence-corrected chi connectivity index (χ1v) is 10.5. The largest absolute Gasteiger partial charge is 0.221 e. The second-order valence-electron chi connectivity index (χ2n) is 8.75. The Kier molecular flexibility index (Phi) is 4.37. The highest BCUT2D eigenvalue weighted by Crippen LogP contribution is 2.41. The summed E-state index contributed by atoms with van der Waals surface area (Å²) in [5, 5.41) is 2.75. The van der Waals surface area contributed by atoms with E-state index < -0.39 is 0 Å². The number of nitrogens with zero attached hydrogens (tertiary/aromatic N) is 1. The van der Waals surface area contributed by atoms with Crippen molar-refractivity contribution in [1.29, 1.82) is 0 Å². The van der Waals surface area contributed by atoms with Gasteiger partial charge < -0.3 is 0 Å². The summed E-state index contributed by atoms with van der Waals surface area (Å²) in [5.41, 5.74) is 8.81. The predicted molar refractivity (Wildman–Crippen MR) is 115 cm³/mol. The fourth-order valence-corrected chi connectivity index (χ4v) is 5.01. The van der Waals surface area contributed by atoms with Crippen LogP contribution in [0.4, 0.5) is 0 Å². The first-order chi connectivity index (χ1) is 12.9. The Morgan fingerprint density at radius 2 is 1.74 bits per heavy atom. The van der Waals surface area contributed by atoms with Crippen molar-refractivity contribution in [2.45, 2.75) is 72.3 Å². The Bertz CT molecular complexity index is 1020. The van der Waals surface area contributed by atoms with E-state index in [-0.39, 0.29) is 5.54 Å². The van der Waals surface area contributed by atoms with E-state index >= 15 is 0 Å². The second-order valence-corrected chi connectivity index (χ2v) is 8.75. The molecule has 4 rings (SSSR count). The molecule has 1 nitrogen and oxygen atoms in total. The Balaban J connectivity index is 2.16. The highest BCUT2D eigenvalue weighted by molar-refractivity contribution is 5.94. The molecule has 2 heterocycles. The molecule has 1 aliphatic rings. The molecule has 0 N–H and O–H groups in total. The summed E-state index contributed by atoms with van der Waals surface area (Å²) in [5.74, 6) is 0.541. The third-order valence-electron chi connectivity index (χ3n) is 6.85. The fourth-order valence-electron chi connectivity index (χ4n) is 5.01. The highest BCUT2D eigenvalue weighted by atomic mass is 15.1. The molecule has 0 fully saturated rings. The maximum atomic E-state index is 2.61. The maximum absolute atomic E-state index is 2.61. The Morgan fingerprint density at radius 1 is 1.00 bits per heavy atom. The summed E-state index contributed by atoms with van der Waals surface area (Å²) in [6.45, 7) is 13.8. The Labute approximate surface area is 164 Å². The SMILES string of the molecule is CCC1(CC)Cc2c(C)cc(C)cc2-c2c3cc(C(C)C)ccc3cc[n+]21. The minimum Gasteiger partial charge on any atom is -0.192 e. The number of fused-ring (bicyclic) bond motifs is 5. The van der Waals surface area contributed by atoms with Crippen molar-refractivity contribution in [3.63, 3.8) is 0 Å². The molecule has 1 heteroatoms. The summed E-state index contributed by atoms with van der Waals surface area (Å²) in [4.78, 5) is 0. The molecule has 0 unspecified atom stereocenters. The van der Waals surface area contributed by atoms with E-state index in [0.717, 1.165) is 19.3 Å². The van der Waals surface area contributed by atoms with E-state index in [4.69, 9.17) is 0 Å². The van der Waals surface area contributed by atoms with Crippen LogP contribution in [0.1, 0.15) is 68.7 Å². The van der Waals surface area contributed by atoms with Gasteiger partial charge in [-0.15, -0.1) is 0 Å². The van der Waals surface area contributed by atoms with E-state index in [9.17, 15) is 0 Å². The van der Waals surface area contributed by atoms with Crippen LogP contribution in [-0.2, 0) is 12.0 Å². The summed E-state index contributed by atoms with van der Waals surface area (Å²) < 4.78 is 2.61. The molecule has 0 amide bonds. The molecule has 140 valence electrons. The number of aryl methyl sites for hydroxylation is 2. The molecular weight excluding hydrogens is 326 g/mol. The Morgan fingerprint density at radius 3 is 2.41 bits per heavy atom. The van der Waals surface area contributed by atoms with Crippen LogP contribution in [0.25, 0.3) is 22.0 Å². The topological polar surface area (TPSA) is 3.88 Å². The van der Waals surface area contributed by atoms with Crippen molar-refractivity contribution in [2.24, 2.45) is 0 Å². The third-order valence-corrected chi connectivity index (χ3v) is 6.85. The Hall–Kier alpha value is -2.15. The van der Waals surface area contributed by atoms with Crippen LogP contribution in [0.5, 0.6) is 0 Å². The number of hydrogen-bond acceptors (Lipinski definition) is 0. The van der Waals surface area contributed by atoms with Gasteiger partial charge in [0.15, 0.2) is 11.7 Å². The minimum absolute atomic E-state index is 0.171. The molecule has 3 aromatic rings. The van der Waals surface area contributed by atoms with Gasteiger partial charge in [-0.1, -0.05) is 51.5 Å². The van der Waals surface area contributed by atoms with Gasteiger partial charge in [0.25, 0.3) is 0 Å². The van der Waals surface area contributed by atoms with Crippen LogP contribution in [0, 0.1) is 13.8 Å². The summed E-state index contributed by atoms with van der Waals surface area (Å²) in [7, 11) is 0. The number of rotatable bonds is 3. The van der Waals surface area contributed by atoms with E-state index in [0.29, 0.717) is 5.92 Å². The van der Waals surface area contributed by atoms with Gasteiger partial charge in [0.2, 0.25) is 5.69 Å². The standard InChI is InChI=1S/C26H32N/c1-7-26(8-2)16-24-19(6)13-18(5)14-23(24)25-22-15-21(17(3)4)10-9-20(22)11-12-27(25)26/h9-15,17H,7-8,16H2,1-6H3/q+1. The molecule has 0 saturated carbocycles. The number of pyridine rings is 1. The van der Waals surface area contributed by atoms with Crippen LogP contribution in [-0.4, -0.2) is 0 Å². The fraction of sp³-hybridized carbons (Fsp3) is 0.423. The molecule has 0 radical (unpaired) electrons. The van der Waals surface area contributed by atoms with Gasteiger partial charge in [0, 0.05) is 25.3 Å². The zero-order chi connectivity index (χ0) is 19.3. The van der Waals surface area contributed by atoms with E-state index in [2.05, 4.69) is 88.7 Å². The first-order valence-electron chi connectivity index (χ1n) is 10.5. The number of hydrogen-bond donors (Lipinski definition) is 0. The molecule has 0 bridgehead atoms. The lowest BCUT2D eigenvalue weighted by Gasteiger charge is -2.34. The molecule has 1 aliphatic heterocycles. The third kappa shape index (κ3) is 2.71. The van der Waals surface area contributed by atoms with E-state index in [1.807, 2.05) is 0 Å². The van der Waals surface area contributed by atoms with Gasteiger partial charge in [-0.05, 0) is 54.0 Å². The quantitative estimate of drug-likeness (QED) is 0.464. The van der Waals surface area contributed by atoms with Crippen molar-refractivity contribution in [1.82, 2.24) is 0 Å².